The summed E-state index contributed by atoms with van der Waals surface area (Å²) >= 11 is 1.73. The molecule has 0 radical (unpaired) electrons. The van der Waals surface area contributed by atoms with E-state index in [9.17, 15) is 4.79 Å². The van der Waals surface area contributed by atoms with Gasteiger partial charge in [-0.2, -0.15) is 0 Å². The zero-order valence-corrected chi connectivity index (χ0v) is 11.5. The van der Waals surface area contributed by atoms with E-state index < -0.39 is 5.91 Å². The normalized spacial score (nSPS) is 10.8. The Kier molecular flexibility index (Phi) is 4.42. The number of carbonyl (C=O) groups is 1. The van der Waals surface area contributed by atoms with E-state index >= 15 is 0 Å². The molecule has 1 amide bonds. The predicted octanol–water partition coefficient (Wildman–Crippen LogP) is 3.57. The largest absolute Gasteiger partial charge is 0.366 e. The molecular weight excluding hydrogens is 254 g/mol. The summed E-state index contributed by atoms with van der Waals surface area (Å²) in [6.07, 6.45) is 5.14. The number of amides is 1. The third-order valence-corrected chi connectivity index (χ3v) is 3.52. The summed E-state index contributed by atoms with van der Waals surface area (Å²) in [6, 6.07) is 16.5. The van der Waals surface area contributed by atoms with Gasteiger partial charge in [-0.15, -0.1) is 11.8 Å². The van der Waals surface area contributed by atoms with Gasteiger partial charge in [-0.1, -0.05) is 36.4 Å². The lowest BCUT2D eigenvalue weighted by atomic mass is 10.0. The van der Waals surface area contributed by atoms with Crippen LogP contribution in [0.3, 0.4) is 0 Å². The number of benzene rings is 2. The first-order valence-corrected chi connectivity index (χ1v) is 7.13. The summed E-state index contributed by atoms with van der Waals surface area (Å²) in [5.41, 5.74) is 8.36. The van der Waals surface area contributed by atoms with Gasteiger partial charge in [0.15, 0.2) is 0 Å². The molecule has 0 fully saturated rings. The zero-order valence-electron chi connectivity index (χ0n) is 10.7. The van der Waals surface area contributed by atoms with Gasteiger partial charge in [0.2, 0.25) is 5.91 Å². The smallest absolute Gasteiger partial charge is 0.241 e. The lowest BCUT2D eigenvalue weighted by Gasteiger charge is -2.03. The van der Waals surface area contributed by atoms with Crippen LogP contribution < -0.4 is 5.73 Å². The minimum atomic E-state index is -0.434. The van der Waals surface area contributed by atoms with E-state index in [0.29, 0.717) is 0 Å². The number of hydrogen-bond acceptors (Lipinski definition) is 2. The monoisotopic (exact) mass is 269 g/mol. The number of hydrogen-bond donors (Lipinski definition) is 1. The number of primary amides is 1. The molecule has 96 valence electrons. The second kappa shape index (κ2) is 6.25. The molecular formula is C16H15NOS. The Hall–Kier alpha value is -2.00. The Morgan fingerprint density at radius 1 is 1.00 bits per heavy atom. The van der Waals surface area contributed by atoms with Crippen LogP contribution >= 0.6 is 11.8 Å². The average molecular weight is 269 g/mol. The lowest BCUT2D eigenvalue weighted by Crippen LogP contribution is -2.04. The van der Waals surface area contributed by atoms with Gasteiger partial charge < -0.3 is 5.73 Å². The number of rotatable bonds is 4. The molecule has 2 N–H and O–H groups in total. The standard InChI is InChI=1S/C16H15NOS/c1-19-15-9-7-14(8-10-15)13-5-2-12(3-6-13)4-11-16(17)18/h2-11H,1H3,(H2,17,18)/b11-4-. The fourth-order valence-electron chi connectivity index (χ4n) is 1.75. The molecule has 0 spiro atoms. The van der Waals surface area contributed by atoms with Crippen LogP contribution in [-0.4, -0.2) is 12.2 Å². The first kappa shape index (κ1) is 13.4. The van der Waals surface area contributed by atoms with E-state index in [1.165, 1.54) is 16.5 Å². The molecule has 0 saturated carbocycles. The van der Waals surface area contributed by atoms with Crippen molar-refractivity contribution < 1.29 is 4.79 Å². The number of thioether (sulfide) groups is 1. The second-order valence-electron chi connectivity index (χ2n) is 4.09. The maximum absolute atomic E-state index is 10.7. The van der Waals surface area contributed by atoms with Crippen LogP contribution in [0, 0.1) is 0 Å². The molecule has 2 rings (SSSR count). The molecule has 0 saturated heterocycles. The van der Waals surface area contributed by atoms with Crippen LogP contribution in [0.5, 0.6) is 0 Å². The number of nitrogens with two attached hydrogens (primary N) is 1. The van der Waals surface area contributed by atoms with Gasteiger partial charge in [0.05, 0.1) is 0 Å². The van der Waals surface area contributed by atoms with Crippen LogP contribution in [-0.2, 0) is 4.79 Å². The predicted molar refractivity (Wildman–Crippen MR) is 81.9 cm³/mol. The Labute approximate surface area is 117 Å². The first-order chi connectivity index (χ1) is 9.19. The van der Waals surface area contributed by atoms with Crippen molar-refractivity contribution in [3.05, 3.63) is 60.2 Å². The molecule has 0 aliphatic rings. The fourth-order valence-corrected chi connectivity index (χ4v) is 2.16. The van der Waals surface area contributed by atoms with E-state index in [1.807, 2.05) is 24.3 Å². The van der Waals surface area contributed by atoms with Crippen molar-refractivity contribution in [2.75, 3.05) is 6.26 Å². The molecule has 0 aromatic heterocycles. The van der Waals surface area contributed by atoms with Gasteiger partial charge in [-0.05, 0) is 41.2 Å². The molecule has 0 heterocycles. The summed E-state index contributed by atoms with van der Waals surface area (Å²) in [5.74, 6) is -0.434. The summed E-state index contributed by atoms with van der Waals surface area (Å²) < 4.78 is 0. The summed E-state index contributed by atoms with van der Waals surface area (Å²) in [6.45, 7) is 0. The first-order valence-electron chi connectivity index (χ1n) is 5.91. The van der Waals surface area contributed by atoms with Crippen LogP contribution in [0.15, 0.2) is 59.5 Å². The Balaban J connectivity index is 2.19. The zero-order chi connectivity index (χ0) is 13.7. The van der Waals surface area contributed by atoms with E-state index in [2.05, 4.69) is 30.5 Å². The van der Waals surface area contributed by atoms with E-state index in [-0.39, 0.29) is 0 Å². The SMILES string of the molecule is CSc1ccc(-c2ccc(/C=C\C(N)=O)cc2)cc1. The molecule has 2 nitrogen and oxygen atoms in total. The Morgan fingerprint density at radius 3 is 2.00 bits per heavy atom. The highest BCUT2D eigenvalue weighted by Gasteiger charge is 1.98. The molecule has 19 heavy (non-hydrogen) atoms. The van der Waals surface area contributed by atoms with Gasteiger partial charge in [0.25, 0.3) is 0 Å². The molecule has 3 heteroatoms. The van der Waals surface area contributed by atoms with E-state index in [4.69, 9.17) is 5.73 Å². The number of carbonyl (C=O) groups excluding carboxylic acids is 1. The molecule has 0 bridgehead atoms. The van der Waals surface area contributed by atoms with Crippen molar-refractivity contribution in [1.82, 2.24) is 0 Å². The maximum atomic E-state index is 10.7. The summed E-state index contributed by atoms with van der Waals surface area (Å²) in [4.78, 5) is 11.9. The molecule has 0 atom stereocenters. The minimum Gasteiger partial charge on any atom is -0.366 e. The van der Waals surface area contributed by atoms with Crippen LogP contribution in [0.25, 0.3) is 17.2 Å². The molecule has 2 aromatic carbocycles. The van der Waals surface area contributed by atoms with Crippen LogP contribution in [0.2, 0.25) is 0 Å². The van der Waals surface area contributed by atoms with Crippen molar-refractivity contribution in [3.8, 4) is 11.1 Å². The third kappa shape index (κ3) is 3.73. The van der Waals surface area contributed by atoms with Crippen LogP contribution in [0.1, 0.15) is 5.56 Å². The molecule has 0 aliphatic heterocycles. The van der Waals surface area contributed by atoms with Crippen molar-refractivity contribution in [1.29, 1.82) is 0 Å². The summed E-state index contributed by atoms with van der Waals surface area (Å²) in [5, 5.41) is 0. The van der Waals surface area contributed by atoms with Gasteiger partial charge in [-0.3, -0.25) is 4.79 Å². The topological polar surface area (TPSA) is 43.1 Å². The maximum Gasteiger partial charge on any atom is 0.241 e. The van der Waals surface area contributed by atoms with Crippen molar-refractivity contribution in [3.63, 3.8) is 0 Å². The Morgan fingerprint density at radius 2 is 1.53 bits per heavy atom. The van der Waals surface area contributed by atoms with Gasteiger partial charge in [0.1, 0.15) is 0 Å². The van der Waals surface area contributed by atoms with Crippen molar-refractivity contribution >= 4 is 23.7 Å². The average Bonchev–Trinajstić information content (AvgIpc) is 2.46. The highest BCUT2D eigenvalue weighted by Crippen LogP contribution is 2.23. The fraction of sp³-hybridized carbons (Fsp3) is 0.0625. The second-order valence-corrected chi connectivity index (χ2v) is 4.97. The lowest BCUT2D eigenvalue weighted by molar-refractivity contribution is -0.113. The third-order valence-electron chi connectivity index (χ3n) is 2.77. The Bertz CT molecular complexity index is 585. The highest BCUT2D eigenvalue weighted by atomic mass is 32.2. The highest BCUT2D eigenvalue weighted by molar-refractivity contribution is 7.98. The molecule has 0 unspecified atom stereocenters. The van der Waals surface area contributed by atoms with Gasteiger partial charge in [0, 0.05) is 11.0 Å². The van der Waals surface area contributed by atoms with Crippen molar-refractivity contribution in [2.24, 2.45) is 5.73 Å². The van der Waals surface area contributed by atoms with Gasteiger partial charge >= 0.3 is 0 Å². The quantitative estimate of drug-likeness (QED) is 0.681. The van der Waals surface area contributed by atoms with Crippen molar-refractivity contribution in [2.45, 2.75) is 4.90 Å². The van der Waals surface area contributed by atoms with Gasteiger partial charge in [-0.25, -0.2) is 0 Å². The van der Waals surface area contributed by atoms with Crippen LogP contribution in [0.4, 0.5) is 0 Å². The minimum absolute atomic E-state index is 0.434. The van der Waals surface area contributed by atoms with E-state index in [1.54, 1.807) is 17.8 Å². The van der Waals surface area contributed by atoms with E-state index in [0.717, 1.165) is 11.1 Å². The molecule has 2 aromatic rings. The summed E-state index contributed by atoms with van der Waals surface area (Å²) in [7, 11) is 0. The molecule has 0 aliphatic carbocycles.